The molecule has 0 saturated heterocycles. The number of rotatable bonds is 4. The van der Waals surface area contributed by atoms with E-state index >= 15 is 0 Å². The number of hydrogen-bond donors (Lipinski definition) is 1. The molecular formula is C17H13F3N2O4S. The Morgan fingerprint density at radius 2 is 2.07 bits per heavy atom. The van der Waals surface area contributed by atoms with E-state index < -0.39 is 24.1 Å². The number of amides is 1. The lowest BCUT2D eigenvalue weighted by molar-refractivity contribution is -0.174. The average molecular weight is 398 g/mol. The van der Waals surface area contributed by atoms with Crippen molar-refractivity contribution in [2.24, 2.45) is 5.16 Å². The molecule has 1 aliphatic carbocycles. The second-order valence-electron chi connectivity index (χ2n) is 5.58. The monoisotopic (exact) mass is 398 g/mol. The minimum absolute atomic E-state index is 0.00474. The topological polar surface area (TPSA) is 77.0 Å². The van der Waals surface area contributed by atoms with Crippen molar-refractivity contribution in [3.05, 3.63) is 51.7 Å². The number of halogens is 3. The highest BCUT2D eigenvalue weighted by molar-refractivity contribution is 7.12. The van der Waals surface area contributed by atoms with Gasteiger partial charge in [0.15, 0.2) is 0 Å². The van der Waals surface area contributed by atoms with Crippen LogP contribution in [0.5, 0.6) is 5.75 Å². The van der Waals surface area contributed by atoms with Crippen molar-refractivity contribution in [1.29, 1.82) is 0 Å². The lowest BCUT2D eigenvalue weighted by Crippen LogP contribution is -2.38. The molecule has 0 fully saturated rings. The summed E-state index contributed by atoms with van der Waals surface area (Å²) in [5, 5.41) is 7.39. The largest absolute Gasteiger partial charge is 0.497 e. The van der Waals surface area contributed by atoms with E-state index in [4.69, 9.17) is 9.57 Å². The van der Waals surface area contributed by atoms with Gasteiger partial charge in [-0.1, -0.05) is 11.2 Å². The summed E-state index contributed by atoms with van der Waals surface area (Å²) in [6.07, 6.45) is -4.98. The highest BCUT2D eigenvalue weighted by Crippen LogP contribution is 2.36. The van der Waals surface area contributed by atoms with Gasteiger partial charge in [-0.2, -0.15) is 13.2 Å². The molecule has 1 amide bonds. The summed E-state index contributed by atoms with van der Waals surface area (Å²) in [7, 11) is 1.46. The van der Waals surface area contributed by atoms with Gasteiger partial charge in [0.1, 0.15) is 11.5 Å². The molecule has 142 valence electrons. The van der Waals surface area contributed by atoms with Crippen molar-refractivity contribution >= 4 is 28.9 Å². The summed E-state index contributed by atoms with van der Waals surface area (Å²) in [5.74, 6) is -2.30. The Balaban J connectivity index is 1.74. The Kier molecular flexibility index (Phi) is 5.17. The maximum Gasteiger partial charge on any atom is 0.471 e. The van der Waals surface area contributed by atoms with E-state index in [1.807, 2.05) is 5.32 Å². The fraction of sp³-hybridized carbons (Fsp3) is 0.235. The van der Waals surface area contributed by atoms with Crippen LogP contribution < -0.4 is 10.1 Å². The first-order valence-electron chi connectivity index (χ1n) is 7.67. The number of ether oxygens (including phenoxy) is 1. The first kappa shape index (κ1) is 18.9. The Labute approximate surface area is 155 Å². The van der Waals surface area contributed by atoms with Crippen molar-refractivity contribution in [2.45, 2.75) is 18.6 Å². The highest BCUT2D eigenvalue weighted by Gasteiger charge is 2.42. The van der Waals surface area contributed by atoms with E-state index in [-0.39, 0.29) is 12.0 Å². The maximum absolute atomic E-state index is 12.5. The number of nitrogens with one attached hydrogen (secondary N) is 1. The fourth-order valence-electron chi connectivity index (χ4n) is 2.57. The van der Waals surface area contributed by atoms with Gasteiger partial charge in [-0.05, 0) is 35.2 Å². The third-order valence-corrected chi connectivity index (χ3v) is 4.82. The number of benzene rings is 1. The number of carbonyl (C=O) groups excluding carboxylic acids is 2. The first-order valence-corrected chi connectivity index (χ1v) is 8.55. The second-order valence-corrected chi connectivity index (χ2v) is 6.50. The van der Waals surface area contributed by atoms with Crippen LogP contribution in [0.2, 0.25) is 0 Å². The number of hydrogen-bond acceptors (Lipinski definition) is 6. The molecule has 1 N–H and O–H groups in total. The fourth-order valence-corrected chi connectivity index (χ4v) is 3.52. The van der Waals surface area contributed by atoms with Crippen LogP contribution in [0, 0.1) is 0 Å². The summed E-state index contributed by atoms with van der Waals surface area (Å²) in [4.78, 5) is 28.8. The van der Waals surface area contributed by atoms with Gasteiger partial charge in [-0.3, -0.25) is 4.79 Å². The molecule has 3 rings (SSSR count). The molecule has 1 aromatic carbocycles. The summed E-state index contributed by atoms with van der Waals surface area (Å²) in [6.45, 7) is 0. The smallest absolute Gasteiger partial charge is 0.471 e. The molecule has 1 atom stereocenters. The molecule has 1 aromatic heterocycles. The molecule has 0 saturated carbocycles. The maximum atomic E-state index is 12.5. The molecule has 0 spiro atoms. The predicted molar refractivity (Wildman–Crippen MR) is 90.8 cm³/mol. The van der Waals surface area contributed by atoms with Gasteiger partial charge < -0.3 is 14.9 Å². The minimum Gasteiger partial charge on any atom is -0.497 e. The zero-order valence-electron chi connectivity index (χ0n) is 13.9. The molecule has 2 aromatic rings. The van der Waals surface area contributed by atoms with Crippen LogP contribution in [0.3, 0.4) is 0 Å². The van der Waals surface area contributed by atoms with Gasteiger partial charge in [-0.25, -0.2) is 4.79 Å². The van der Waals surface area contributed by atoms with Crippen molar-refractivity contribution in [1.82, 2.24) is 5.32 Å². The van der Waals surface area contributed by atoms with E-state index in [0.29, 0.717) is 21.9 Å². The third kappa shape index (κ3) is 4.11. The lowest BCUT2D eigenvalue weighted by atomic mass is 10.2. The number of alkyl halides is 3. The standard InChI is InChI=1S/C17H13F3N2O4S/c1-25-10-4-2-3-9(7-10)15(23)26-22-13-8-12(11-5-6-27-14(11)13)21-16(24)17(18,19)20/h2-7,12H,8H2,1H3,(H,21,24)/t12-/m0/s1. The number of carbonyl (C=O) groups is 2. The molecule has 27 heavy (non-hydrogen) atoms. The van der Waals surface area contributed by atoms with E-state index in [0.717, 1.165) is 0 Å². The van der Waals surface area contributed by atoms with Crippen LogP contribution in [0.1, 0.15) is 33.3 Å². The van der Waals surface area contributed by atoms with Gasteiger partial charge in [0.25, 0.3) is 0 Å². The summed E-state index contributed by atoms with van der Waals surface area (Å²) in [6, 6.07) is 6.98. The van der Waals surface area contributed by atoms with E-state index in [1.165, 1.54) is 30.6 Å². The Morgan fingerprint density at radius 1 is 1.30 bits per heavy atom. The van der Waals surface area contributed by atoms with Gasteiger partial charge >= 0.3 is 18.1 Å². The molecular weight excluding hydrogens is 385 g/mol. The Hall–Kier alpha value is -2.88. The lowest BCUT2D eigenvalue weighted by Gasteiger charge is -2.13. The molecule has 10 heteroatoms. The van der Waals surface area contributed by atoms with E-state index in [1.54, 1.807) is 23.6 Å². The highest BCUT2D eigenvalue weighted by atomic mass is 32.1. The Morgan fingerprint density at radius 3 is 2.78 bits per heavy atom. The van der Waals surface area contributed by atoms with Crippen LogP contribution in [0.4, 0.5) is 13.2 Å². The minimum atomic E-state index is -4.98. The van der Waals surface area contributed by atoms with Crippen molar-refractivity contribution in [2.75, 3.05) is 7.11 Å². The van der Waals surface area contributed by atoms with Crippen LogP contribution in [-0.2, 0) is 9.63 Å². The van der Waals surface area contributed by atoms with Gasteiger partial charge in [0.05, 0.1) is 23.6 Å². The quantitative estimate of drug-likeness (QED) is 0.632. The molecule has 0 unspecified atom stereocenters. The SMILES string of the molecule is COc1cccc(C(=O)ON=C2C[C@H](NC(=O)C(F)(F)F)c3ccsc32)c1. The molecule has 1 heterocycles. The zero-order chi connectivity index (χ0) is 19.6. The number of methoxy groups -OCH3 is 1. The first-order chi connectivity index (χ1) is 12.8. The third-order valence-electron chi connectivity index (χ3n) is 3.84. The normalized spacial score (nSPS) is 17.5. The number of oxime groups is 1. The molecule has 0 bridgehead atoms. The number of fused-ring (bicyclic) bond motifs is 1. The molecule has 0 radical (unpaired) electrons. The van der Waals surface area contributed by atoms with E-state index in [2.05, 4.69) is 5.16 Å². The molecule has 1 aliphatic rings. The van der Waals surface area contributed by atoms with Gasteiger partial charge in [0, 0.05) is 6.42 Å². The Bertz CT molecular complexity index is 908. The van der Waals surface area contributed by atoms with Crippen LogP contribution in [-0.4, -0.2) is 30.9 Å². The number of thiophene rings is 1. The average Bonchev–Trinajstić information content (AvgIpc) is 3.23. The van der Waals surface area contributed by atoms with E-state index in [9.17, 15) is 22.8 Å². The zero-order valence-corrected chi connectivity index (χ0v) is 14.7. The van der Waals surface area contributed by atoms with Gasteiger partial charge in [0.2, 0.25) is 0 Å². The van der Waals surface area contributed by atoms with Crippen molar-refractivity contribution in [3.8, 4) is 5.75 Å². The van der Waals surface area contributed by atoms with Crippen LogP contribution in [0.25, 0.3) is 0 Å². The summed E-state index contributed by atoms with van der Waals surface area (Å²) >= 11 is 1.24. The predicted octanol–water partition coefficient (Wildman–Crippen LogP) is 3.44. The van der Waals surface area contributed by atoms with Gasteiger partial charge in [-0.15, -0.1) is 11.3 Å². The second kappa shape index (κ2) is 7.39. The number of nitrogens with zero attached hydrogens (tertiary/aromatic N) is 1. The van der Waals surface area contributed by atoms with Crippen molar-refractivity contribution in [3.63, 3.8) is 0 Å². The summed E-state index contributed by atoms with van der Waals surface area (Å²) in [5.41, 5.74) is 1.02. The summed E-state index contributed by atoms with van der Waals surface area (Å²) < 4.78 is 42.5. The van der Waals surface area contributed by atoms with Crippen molar-refractivity contribution < 1.29 is 32.3 Å². The molecule has 6 nitrogen and oxygen atoms in total. The van der Waals surface area contributed by atoms with Crippen LogP contribution in [0.15, 0.2) is 40.9 Å². The van der Waals surface area contributed by atoms with Crippen LogP contribution >= 0.6 is 11.3 Å². The molecule has 0 aliphatic heterocycles.